The number of carbonyl (C=O) groups is 2. The Morgan fingerprint density at radius 1 is 0.913 bits per heavy atom. The molecule has 5 heteroatoms. The zero-order valence-corrected chi connectivity index (χ0v) is 12.3. The largest absolute Gasteiger partial charge is 0.481 e. The maximum Gasteiger partial charge on any atom is 0.344 e. The molecular weight excluding hydrogens is 294 g/mol. The van der Waals surface area contributed by atoms with Gasteiger partial charge in [0.2, 0.25) is 5.78 Å². The van der Waals surface area contributed by atoms with Crippen LogP contribution in [0.5, 0.6) is 5.75 Å². The highest BCUT2D eigenvalue weighted by molar-refractivity contribution is 5.96. The molecular formula is C18H15NO4. The van der Waals surface area contributed by atoms with E-state index in [1.165, 1.54) is 0 Å². The molecule has 1 heterocycles. The van der Waals surface area contributed by atoms with Crippen LogP contribution < -0.4 is 4.74 Å². The number of Topliss-reactive ketones (excluding diaryl/α,β-unsaturated/α-hetero) is 1. The van der Waals surface area contributed by atoms with Crippen molar-refractivity contribution in [1.82, 2.24) is 4.98 Å². The molecule has 5 nitrogen and oxygen atoms in total. The lowest BCUT2D eigenvalue weighted by Gasteiger charge is -2.09. The van der Waals surface area contributed by atoms with E-state index >= 15 is 0 Å². The van der Waals surface area contributed by atoms with Crippen LogP contribution in [0.15, 0.2) is 60.8 Å². The Bertz CT molecular complexity index is 819. The van der Waals surface area contributed by atoms with Gasteiger partial charge in [-0.3, -0.25) is 4.79 Å². The zero-order chi connectivity index (χ0) is 16.1. The first-order valence-electron chi connectivity index (χ1n) is 7.17. The zero-order valence-electron chi connectivity index (χ0n) is 12.3. The maximum atomic E-state index is 11.7. The van der Waals surface area contributed by atoms with Gasteiger partial charge in [-0.15, -0.1) is 0 Å². The molecule has 0 aliphatic heterocycles. The van der Waals surface area contributed by atoms with Gasteiger partial charge < -0.3 is 14.5 Å². The van der Waals surface area contributed by atoms with Crippen LogP contribution in [0.3, 0.4) is 0 Å². The fourth-order valence-corrected chi connectivity index (χ4v) is 2.23. The van der Waals surface area contributed by atoms with Crippen molar-refractivity contribution in [3.05, 3.63) is 66.5 Å². The number of H-pyrrole nitrogens is 1. The van der Waals surface area contributed by atoms with Crippen molar-refractivity contribution in [1.29, 1.82) is 0 Å². The van der Waals surface area contributed by atoms with Crippen molar-refractivity contribution >= 4 is 22.5 Å². The molecule has 0 saturated heterocycles. The summed E-state index contributed by atoms with van der Waals surface area (Å²) in [5.41, 5.74) is 0.410. The summed E-state index contributed by atoms with van der Waals surface area (Å²) in [4.78, 5) is 26.2. The van der Waals surface area contributed by atoms with E-state index in [2.05, 4.69) is 4.98 Å². The SMILES string of the molecule is O=C(COc1cccc2ccccc12)OCC(=O)c1ccc[nH]1. The maximum absolute atomic E-state index is 11.7. The highest BCUT2D eigenvalue weighted by atomic mass is 16.6. The monoisotopic (exact) mass is 309 g/mol. The van der Waals surface area contributed by atoms with Gasteiger partial charge in [0, 0.05) is 11.6 Å². The number of ketones is 1. The number of nitrogens with one attached hydrogen (secondary N) is 1. The predicted octanol–water partition coefficient (Wildman–Crippen LogP) is 2.97. The Balaban J connectivity index is 1.55. The summed E-state index contributed by atoms with van der Waals surface area (Å²) in [6, 6.07) is 16.7. The molecule has 0 bridgehead atoms. The van der Waals surface area contributed by atoms with E-state index in [1.807, 2.05) is 36.4 Å². The van der Waals surface area contributed by atoms with Crippen LogP contribution >= 0.6 is 0 Å². The lowest BCUT2D eigenvalue weighted by molar-refractivity contribution is -0.144. The predicted molar refractivity (Wildman–Crippen MR) is 85.5 cm³/mol. The molecule has 0 saturated carbocycles. The minimum atomic E-state index is -0.585. The van der Waals surface area contributed by atoms with Crippen molar-refractivity contribution in [2.24, 2.45) is 0 Å². The van der Waals surface area contributed by atoms with E-state index in [0.29, 0.717) is 11.4 Å². The second kappa shape index (κ2) is 6.79. The van der Waals surface area contributed by atoms with Crippen molar-refractivity contribution in [3.63, 3.8) is 0 Å². The van der Waals surface area contributed by atoms with Gasteiger partial charge in [-0.1, -0.05) is 36.4 Å². The molecule has 2 aromatic carbocycles. The van der Waals surface area contributed by atoms with Crippen molar-refractivity contribution < 1.29 is 19.1 Å². The van der Waals surface area contributed by atoms with E-state index in [9.17, 15) is 9.59 Å². The summed E-state index contributed by atoms with van der Waals surface area (Å²) in [5, 5.41) is 1.95. The quantitative estimate of drug-likeness (QED) is 0.561. The normalized spacial score (nSPS) is 10.4. The number of ether oxygens (including phenoxy) is 2. The lowest BCUT2D eigenvalue weighted by Crippen LogP contribution is -2.19. The van der Waals surface area contributed by atoms with Crippen molar-refractivity contribution in [2.75, 3.05) is 13.2 Å². The Kier molecular flexibility index (Phi) is 4.38. The van der Waals surface area contributed by atoms with Crippen LogP contribution in [0.1, 0.15) is 10.5 Å². The van der Waals surface area contributed by atoms with Gasteiger partial charge in [-0.05, 0) is 23.6 Å². The number of rotatable bonds is 6. The Hall–Kier alpha value is -3.08. The number of aromatic amines is 1. The molecule has 23 heavy (non-hydrogen) atoms. The van der Waals surface area contributed by atoms with E-state index < -0.39 is 5.97 Å². The van der Waals surface area contributed by atoms with Crippen LogP contribution in [0.25, 0.3) is 10.8 Å². The molecule has 3 aromatic rings. The molecule has 0 radical (unpaired) electrons. The highest BCUT2D eigenvalue weighted by Crippen LogP contribution is 2.24. The summed E-state index contributed by atoms with van der Waals surface area (Å²) in [6.07, 6.45) is 1.64. The number of benzene rings is 2. The van der Waals surface area contributed by atoms with Gasteiger partial charge in [-0.2, -0.15) is 0 Å². The number of carbonyl (C=O) groups excluding carboxylic acids is 2. The third-order valence-corrected chi connectivity index (χ3v) is 3.36. The standard InChI is InChI=1S/C18H15NO4/c20-16(15-8-4-10-19-15)11-23-18(21)12-22-17-9-3-6-13-5-1-2-7-14(13)17/h1-10,19H,11-12H2. The Morgan fingerprint density at radius 3 is 2.57 bits per heavy atom. The average molecular weight is 309 g/mol. The summed E-state index contributed by atoms with van der Waals surface area (Å²) in [5.74, 6) is -0.262. The van der Waals surface area contributed by atoms with Crippen LogP contribution in [0.4, 0.5) is 0 Å². The molecule has 0 aliphatic carbocycles. The molecule has 0 spiro atoms. The van der Waals surface area contributed by atoms with Gasteiger partial charge in [-0.25, -0.2) is 4.79 Å². The van der Waals surface area contributed by atoms with Gasteiger partial charge in [0.05, 0.1) is 5.69 Å². The summed E-state index contributed by atoms with van der Waals surface area (Å²) >= 11 is 0. The fraction of sp³-hybridized carbons (Fsp3) is 0.111. The second-order valence-electron chi connectivity index (χ2n) is 4.93. The lowest BCUT2D eigenvalue weighted by atomic mass is 10.1. The van der Waals surface area contributed by atoms with E-state index in [0.717, 1.165) is 10.8 Å². The highest BCUT2D eigenvalue weighted by Gasteiger charge is 2.11. The number of hydrogen-bond donors (Lipinski definition) is 1. The molecule has 116 valence electrons. The minimum Gasteiger partial charge on any atom is -0.481 e. The molecule has 0 aliphatic rings. The van der Waals surface area contributed by atoms with Crippen LogP contribution in [-0.4, -0.2) is 30.0 Å². The smallest absolute Gasteiger partial charge is 0.344 e. The Labute approximate surface area is 132 Å². The van der Waals surface area contributed by atoms with Crippen LogP contribution in [0, 0.1) is 0 Å². The van der Waals surface area contributed by atoms with Gasteiger partial charge in [0.15, 0.2) is 13.2 Å². The molecule has 1 N–H and O–H groups in total. The second-order valence-corrected chi connectivity index (χ2v) is 4.93. The number of hydrogen-bond acceptors (Lipinski definition) is 4. The third kappa shape index (κ3) is 3.58. The topological polar surface area (TPSA) is 68.4 Å². The van der Waals surface area contributed by atoms with Gasteiger partial charge >= 0.3 is 5.97 Å². The number of fused-ring (bicyclic) bond motifs is 1. The first-order valence-corrected chi connectivity index (χ1v) is 7.17. The molecule has 3 rings (SSSR count). The molecule has 0 unspecified atom stereocenters. The van der Waals surface area contributed by atoms with Crippen molar-refractivity contribution in [2.45, 2.75) is 0 Å². The van der Waals surface area contributed by atoms with E-state index in [1.54, 1.807) is 24.4 Å². The van der Waals surface area contributed by atoms with E-state index in [4.69, 9.17) is 9.47 Å². The summed E-state index contributed by atoms with van der Waals surface area (Å²) in [7, 11) is 0. The minimum absolute atomic E-state index is 0.244. The molecule has 0 amide bonds. The molecule has 0 fully saturated rings. The van der Waals surface area contributed by atoms with Gasteiger partial charge in [0.1, 0.15) is 5.75 Å². The number of aromatic nitrogens is 1. The third-order valence-electron chi connectivity index (χ3n) is 3.36. The first kappa shape index (κ1) is 14.8. The van der Waals surface area contributed by atoms with Crippen molar-refractivity contribution in [3.8, 4) is 5.75 Å². The molecule has 1 aromatic heterocycles. The summed E-state index contributed by atoms with van der Waals surface area (Å²) in [6.45, 7) is -0.551. The number of esters is 1. The Morgan fingerprint density at radius 2 is 1.74 bits per heavy atom. The fourth-order valence-electron chi connectivity index (χ4n) is 2.23. The molecule has 0 atom stereocenters. The van der Waals surface area contributed by atoms with Crippen LogP contribution in [0.2, 0.25) is 0 Å². The average Bonchev–Trinajstić information content (AvgIpc) is 3.12. The first-order chi connectivity index (χ1) is 11.2. The van der Waals surface area contributed by atoms with E-state index in [-0.39, 0.29) is 19.0 Å². The van der Waals surface area contributed by atoms with Gasteiger partial charge in [0.25, 0.3) is 0 Å². The van der Waals surface area contributed by atoms with Crippen LogP contribution in [-0.2, 0) is 9.53 Å². The summed E-state index contributed by atoms with van der Waals surface area (Å²) < 4.78 is 10.4.